The van der Waals surface area contributed by atoms with Crippen LogP contribution >= 0.6 is 19.6 Å². The molecule has 2 atom stereocenters. The lowest BCUT2D eigenvalue weighted by Gasteiger charge is -2.25. The molecule has 0 aliphatic carbocycles. The molecule has 0 spiro atoms. The smallest absolute Gasteiger partial charge is 0.395 e. The van der Waals surface area contributed by atoms with E-state index in [9.17, 15) is 9.46 Å². The summed E-state index contributed by atoms with van der Waals surface area (Å²) in [4.78, 5) is 11.3. The Morgan fingerprint density at radius 2 is 1.56 bits per heavy atom. The zero-order valence-electron chi connectivity index (χ0n) is 20.8. The molecule has 2 bridgehead atoms. The zero-order valence-corrected chi connectivity index (χ0v) is 22.5. The molecule has 34 heavy (non-hydrogen) atoms. The first-order valence-electron chi connectivity index (χ1n) is 13.1. The highest BCUT2D eigenvalue weighted by Gasteiger charge is 2.28. The summed E-state index contributed by atoms with van der Waals surface area (Å²) in [6.07, 6.45) is 15.8. The maximum Gasteiger partial charge on any atom is 0.584 e. The fourth-order valence-electron chi connectivity index (χ4n) is 4.39. The number of phosphoric acid groups is 1. The van der Waals surface area contributed by atoms with Crippen LogP contribution in [-0.2, 0) is 17.4 Å². The van der Waals surface area contributed by atoms with E-state index in [2.05, 4.69) is 19.9 Å². The molecule has 3 rings (SSSR count). The van der Waals surface area contributed by atoms with Crippen molar-refractivity contribution in [3.63, 3.8) is 0 Å². The van der Waals surface area contributed by atoms with Crippen molar-refractivity contribution in [1.82, 2.24) is 0 Å². The van der Waals surface area contributed by atoms with Crippen LogP contribution in [0.3, 0.4) is 0 Å². The van der Waals surface area contributed by atoms with Gasteiger partial charge in [-0.1, -0.05) is 89.8 Å². The Morgan fingerprint density at radius 1 is 0.882 bits per heavy atom. The van der Waals surface area contributed by atoms with Crippen LogP contribution in [0.4, 0.5) is 0 Å². The molecule has 0 saturated heterocycles. The fraction of sp³-hybridized carbons (Fsp3) is 0.571. The number of unbranched alkanes of at least 4 members (excludes halogenated alkanes) is 8. The first-order chi connectivity index (χ1) is 16.5. The quantitative estimate of drug-likeness (QED) is 0.182. The van der Waals surface area contributed by atoms with Crippen LogP contribution in [0, 0.1) is 0 Å². The van der Waals surface area contributed by atoms with Gasteiger partial charge in [0.1, 0.15) is 11.5 Å². The second-order valence-corrected chi connectivity index (χ2v) is 12.0. The van der Waals surface area contributed by atoms with Crippen molar-refractivity contribution >= 4 is 19.6 Å². The average molecular weight is 505 g/mol. The van der Waals surface area contributed by atoms with Gasteiger partial charge in [0.05, 0.1) is 4.90 Å². The number of hydrogen-bond donors (Lipinski definition) is 1. The monoisotopic (exact) mass is 504 g/mol. The van der Waals surface area contributed by atoms with Crippen molar-refractivity contribution in [1.29, 1.82) is 0 Å². The van der Waals surface area contributed by atoms with E-state index < -0.39 is 7.82 Å². The minimum atomic E-state index is -4.28. The minimum Gasteiger partial charge on any atom is -0.395 e. The summed E-state index contributed by atoms with van der Waals surface area (Å²) in [5, 5.41) is 0.494. The van der Waals surface area contributed by atoms with Gasteiger partial charge in [-0.25, -0.2) is 4.57 Å². The first-order valence-corrected chi connectivity index (χ1v) is 15.5. The van der Waals surface area contributed by atoms with Crippen LogP contribution in [0.2, 0.25) is 0 Å². The molecule has 1 heterocycles. The van der Waals surface area contributed by atoms with E-state index in [4.69, 9.17) is 9.05 Å². The van der Waals surface area contributed by atoms with E-state index in [1.165, 1.54) is 75.3 Å². The molecule has 1 N–H and O–H groups in total. The van der Waals surface area contributed by atoms with Crippen molar-refractivity contribution in [2.75, 3.05) is 0 Å². The van der Waals surface area contributed by atoms with Gasteiger partial charge < -0.3 is 9.05 Å². The predicted molar refractivity (Wildman–Crippen MR) is 143 cm³/mol. The molecule has 2 aromatic carbocycles. The normalized spacial score (nSPS) is 16.7. The number of benzene rings is 2. The molecule has 0 aromatic heterocycles. The van der Waals surface area contributed by atoms with Gasteiger partial charge in [0, 0.05) is 5.25 Å². The number of fused-ring (bicyclic) bond motifs is 2. The van der Waals surface area contributed by atoms with Gasteiger partial charge in [-0.05, 0) is 61.1 Å². The van der Waals surface area contributed by atoms with Crippen LogP contribution in [0.1, 0.15) is 95.6 Å². The number of hydrogen-bond acceptors (Lipinski definition) is 4. The summed E-state index contributed by atoms with van der Waals surface area (Å²) in [7, 11) is -4.28. The van der Waals surface area contributed by atoms with Crippen LogP contribution < -0.4 is 9.05 Å². The number of thioether (sulfide) groups is 1. The van der Waals surface area contributed by atoms with E-state index in [0.717, 1.165) is 24.2 Å². The highest BCUT2D eigenvalue weighted by Crippen LogP contribution is 2.49. The SMILES string of the molecule is CCCCCCCCc1ccc(OP(=O)(O)Oc2ccc3cc2SC(CCCCCC)C3)cc1. The lowest BCUT2D eigenvalue weighted by Crippen LogP contribution is -2.12. The first kappa shape index (κ1) is 27.2. The Balaban J connectivity index is 1.49. The largest absolute Gasteiger partial charge is 0.584 e. The Kier molecular flexibility index (Phi) is 11.4. The van der Waals surface area contributed by atoms with Gasteiger partial charge in [0.2, 0.25) is 0 Å². The molecule has 1 aliphatic rings. The van der Waals surface area contributed by atoms with Gasteiger partial charge in [-0.15, -0.1) is 11.8 Å². The third-order valence-corrected chi connectivity index (χ3v) is 8.50. The molecule has 2 unspecified atom stereocenters. The predicted octanol–water partition coefficient (Wildman–Crippen LogP) is 9.14. The molecule has 1 aliphatic heterocycles. The molecule has 4 nitrogen and oxygen atoms in total. The van der Waals surface area contributed by atoms with Crippen molar-refractivity contribution in [3.05, 3.63) is 53.6 Å². The third-order valence-electron chi connectivity index (χ3n) is 6.32. The minimum absolute atomic E-state index is 0.351. The molecular weight excluding hydrogens is 463 g/mol. The van der Waals surface area contributed by atoms with Gasteiger partial charge >= 0.3 is 7.82 Å². The summed E-state index contributed by atoms with van der Waals surface area (Å²) < 4.78 is 23.6. The van der Waals surface area contributed by atoms with Crippen molar-refractivity contribution in [2.24, 2.45) is 0 Å². The molecule has 0 radical (unpaired) electrons. The maximum atomic E-state index is 12.7. The molecule has 188 valence electrons. The van der Waals surface area contributed by atoms with E-state index >= 15 is 0 Å². The summed E-state index contributed by atoms with van der Waals surface area (Å²) >= 11 is 1.75. The van der Waals surface area contributed by atoms with Crippen LogP contribution in [0.25, 0.3) is 0 Å². The highest BCUT2D eigenvalue weighted by molar-refractivity contribution is 8.00. The molecule has 6 heteroatoms. The summed E-state index contributed by atoms with van der Waals surface area (Å²) in [6.45, 7) is 4.46. The number of phosphoric ester groups is 1. The lowest BCUT2D eigenvalue weighted by molar-refractivity contribution is 0.288. The average Bonchev–Trinajstić information content (AvgIpc) is 2.82. The van der Waals surface area contributed by atoms with E-state index in [-0.39, 0.29) is 0 Å². The second-order valence-electron chi connectivity index (χ2n) is 9.39. The van der Waals surface area contributed by atoms with Crippen molar-refractivity contribution in [2.45, 2.75) is 107 Å². The Morgan fingerprint density at radius 3 is 2.29 bits per heavy atom. The summed E-state index contributed by atoms with van der Waals surface area (Å²) in [5.41, 5.74) is 2.48. The Labute approximate surface area is 210 Å². The molecule has 2 aromatic rings. The van der Waals surface area contributed by atoms with Crippen molar-refractivity contribution < 1.29 is 18.5 Å². The molecule has 0 fully saturated rings. The van der Waals surface area contributed by atoms with E-state index in [1.54, 1.807) is 30.0 Å². The molecular formula is C28H41O4PS. The van der Waals surface area contributed by atoms with Crippen LogP contribution in [0.15, 0.2) is 47.4 Å². The standard InChI is InChI=1S/C28H41O4PS/c1-3-5-7-9-10-11-13-23-15-18-25(19-16-23)31-33(29,30)32-27-20-17-24-21-26(34-28(27)22-24)14-12-8-6-4-2/h15-20,22,26H,3-14,21H2,1-2H3,(H,29,30). The van der Waals surface area contributed by atoms with Gasteiger partial charge in [0.15, 0.2) is 0 Å². The maximum absolute atomic E-state index is 12.7. The third kappa shape index (κ3) is 9.32. The fourth-order valence-corrected chi connectivity index (χ4v) is 6.65. The molecule has 0 saturated carbocycles. The lowest BCUT2D eigenvalue weighted by atomic mass is 10.0. The Bertz CT molecular complexity index is 915. The van der Waals surface area contributed by atoms with Crippen LogP contribution in [0.5, 0.6) is 11.5 Å². The number of rotatable bonds is 16. The highest BCUT2D eigenvalue weighted by atomic mass is 32.2. The van der Waals surface area contributed by atoms with Crippen molar-refractivity contribution in [3.8, 4) is 11.5 Å². The van der Waals surface area contributed by atoms with Gasteiger partial charge in [-0.3, -0.25) is 4.89 Å². The van der Waals surface area contributed by atoms with Crippen LogP contribution in [-0.4, -0.2) is 10.1 Å². The summed E-state index contributed by atoms with van der Waals surface area (Å²) in [5.74, 6) is 0.779. The van der Waals surface area contributed by atoms with E-state index in [0.29, 0.717) is 16.7 Å². The number of aryl methyl sites for hydroxylation is 1. The van der Waals surface area contributed by atoms with E-state index in [1.807, 2.05) is 18.2 Å². The van der Waals surface area contributed by atoms with Gasteiger partial charge in [0.25, 0.3) is 0 Å². The molecule has 0 amide bonds. The zero-order chi connectivity index (χ0) is 24.2. The summed E-state index contributed by atoms with van der Waals surface area (Å²) in [6, 6.07) is 13.3. The Hall–Kier alpha value is -1.42. The second kappa shape index (κ2) is 14.2. The van der Waals surface area contributed by atoms with Gasteiger partial charge in [-0.2, -0.15) is 0 Å². The topological polar surface area (TPSA) is 55.8 Å².